The molecule has 1 aromatic heterocycles. The van der Waals surface area contributed by atoms with Crippen LogP contribution >= 0.6 is 11.3 Å². The summed E-state index contributed by atoms with van der Waals surface area (Å²) in [6.45, 7) is 2.13. The van der Waals surface area contributed by atoms with E-state index in [0.717, 1.165) is 29.1 Å². The van der Waals surface area contributed by atoms with Gasteiger partial charge in [0.05, 0.1) is 5.56 Å². The smallest absolute Gasteiger partial charge is 0.166 e. The minimum absolute atomic E-state index is 0.309. The third-order valence-electron chi connectivity index (χ3n) is 3.75. The topological polar surface area (TPSA) is 20.3 Å². The number of aryl methyl sites for hydroxylation is 1. The first-order valence-electron chi connectivity index (χ1n) is 6.62. The number of thiophene rings is 1. The number of fused-ring (bicyclic) bond motifs is 1. The fourth-order valence-corrected chi connectivity index (χ4v) is 3.91. The molecule has 19 heavy (non-hydrogen) atoms. The minimum atomic E-state index is 0.309. The Kier molecular flexibility index (Phi) is 3.15. The van der Waals surface area contributed by atoms with Crippen LogP contribution in [-0.2, 0) is 6.42 Å². The molecule has 0 unspecified atom stereocenters. The number of para-hydroxylation sites is 1. The molecule has 1 aliphatic carbocycles. The molecule has 3 rings (SSSR count). The summed E-state index contributed by atoms with van der Waals surface area (Å²) in [5, 5.41) is 1.10. The number of carbonyl (C=O) groups excluding carboxylic acids is 1. The first-order valence-corrected chi connectivity index (χ1v) is 7.44. The van der Waals surface area contributed by atoms with Crippen molar-refractivity contribution in [1.29, 1.82) is 0 Å². The molecule has 0 saturated carbocycles. The zero-order valence-corrected chi connectivity index (χ0v) is 12.1. The summed E-state index contributed by atoms with van der Waals surface area (Å²) in [6, 6.07) is 10.2. The van der Waals surface area contributed by atoms with Crippen molar-refractivity contribution in [2.45, 2.75) is 26.2 Å². The van der Waals surface area contributed by atoms with Gasteiger partial charge < -0.3 is 4.90 Å². The summed E-state index contributed by atoms with van der Waals surface area (Å²) in [4.78, 5) is 15.7. The second kappa shape index (κ2) is 4.82. The number of anilines is 2. The van der Waals surface area contributed by atoms with Crippen LogP contribution in [0.25, 0.3) is 0 Å². The van der Waals surface area contributed by atoms with E-state index in [1.165, 1.54) is 10.4 Å². The molecule has 0 atom stereocenters. The fraction of sp³-hybridized carbons (Fsp3) is 0.312. The van der Waals surface area contributed by atoms with Crippen molar-refractivity contribution < 1.29 is 4.79 Å². The fourth-order valence-electron chi connectivity index (χ4n) is 2.71. The van der Waals surface area contributed by atoms with Crippen molar-refractivity contribution in [1.82, 2.24) is 0 Å². The minimum Gasteiger partial charge on any atom is -0.336 e. The monoisotopic (exact) mass is 271 g/mol. The molecular formula is C16H17NOS. The third-order valence-corrected chi connectivity index (χ3v) is 4.97. The van der Waals surface area contributed by atoms with Crippen LogP contribution < -0.4 is 4.90 Å². The van der Waals surface area contributed by atoms with Crippen molar-refractivity contribution in [3.05, 3.63) is 46.3 Å². The van der Waals surface area contributed by atoms with Crippen LogP contribution in [0.3, 0.4) is 0 Å². The van der Waals surface area contributed by atoms with Crippen LogP contribution in [0.5, 0.6) is 0 Å². The standard InChI is InChI=1S/C16H17NOS/c1-11-13-9-6-10-14(18)15(13)16(19-11)17(2)12-7-4-3-5-8-12/h3-5,7-8H,6,9-10H2,1-2H3. The Morgan fingerprint density at radius 3 is 2.63 bits per heavy atom. The van der Waals surface area contributed by atoms with Crippen LogP contribution in [0.15, 0.2) is 30.3 Å². The van der Waals surface area contributed by atoms with E-state index >= 15 is 0 Å². The number of nitrogens with zero attached hydrogens (tertiary/aromatic N) is 1. The van der Waals surface area contributed by atoms with Gasteiger partial charge in [-0.15, -0.1) is 11.3 Å². The zero-order chi connectivity index (χ0) is 13.4. The number of ketones is 1. The predicted octanol–water partition coefficient (Wildman–Crippen LogP) is 4.34. The molecule has 3 heteroatoms. The Labute approximate surface area is 117 Å². The van der Waals surface area contributed by atoms with Crippen molar-refractivity contribution >= 4 is 27.8 Å². The van der Waals surface area contributed by atoms with E-state index in [9.17, 15) is 4.79 Å². The van der Waals surface area contributed by atoms with Crippen LogP contribution in [0, 0.1) is 6.92 Å². The molecule has 1 heterocycles. The molecule has 0 aliphatic heterocycles. The molecule has 1 aromatic carbocycles. The second-order valence-electron chi connectivity index (χ2n) is 4.99. The molecular weight excluding hydrogens is 254 g/mol. The van der Waals surface area contributed by atoms with E-state index in [1.807, 2.05) is 25.2 Å². The number of Topliss-reactive ketones (excluding diaryl/α,β-unsaturated/α-hetero) is 1. The molecule has 2 aromatic rings. The van der Waals surface area contributed by atoms with Gasteiger partial charge in [-0.2, -0.15) is 0 Å². The van der Waals surface area contributed by atoms with Crippen molar-refractivity contribution in [3.8, 4) is 0 Å². The van der Waals surface area contributed by atoms with E-state index < -0.39 is 0 Å². The summed E-state index contributed by atoms with van der Waals surface area (Å²) < 4.78 is 0. The van der Waals surface area contributed by atoms with E-state index in [4.69, 9.17) is 0 Å². The van der Waals surface area contributed by atoms with Gasteiger partial charge in [-0.05, 0) is 37.5 Å². The molecule has 0 fully saturated rings. The normalized spacial score (nSPS) is 14.3. The third kappa shape index (κ3) is 2.08. The molecule has 0 spiro atoms. The van der Waals surface area contributed by atoms with Crippen molar-refractivity contribution in [2.24, 2.45) is 0 Å². The number of hydrogen-bond acceptors (Lipinski definition) is 3. The summed E-state index contributed by atoms with van der Waals surface area (Å²) in [6.07, 6.45) is 2.74. The Morgan fingerprint density at radius 1 is 1.16 bits per heavy atom. The summed E-state index contributed by atoms with van der Waals surface area (Å²) in [5.41, 5.74) is 3.38. The lowest BCUT2D eigenvalue weighted by Gasteiger charge is -2.21. The number of carbonyl (C=O) groups is 1. The second-order valence-corrected chi connectivity index (χ2v) is 6.19. The average molecular weight is 271 g/mol. The summed E-state index contributed by atoms with van der Waals surface area (Å²) in [7, 11) is 2.04. The molecule has 1 aliphatic rings. The maximum atomic E-state index is 12.2. The Bertz CT molecular complexity index is 615. The van der Waals surface area contributed by atoms with Crippen LogP contribution in [-0.4, -0.2) is 12.8 Å². The SMILES string of the molecule is Cc1sc(N(C)c2ccccc2)c2c1CCCC2=O. The lowest BCUT2D eigenvalue weighted by Crippen LogP contribution is -2.15. The van der Waals surface area contributed by atoms with Gasteiger partial charge in [0, 0.05) is 24.0 Å². The predicted molar refractivity (Wildman–Crippen MR) is 80.8 cm³/mol. The van der Waals surface area contributed by atoms with Crippen LogP contribution in [0.2, 0.25) is 0 Å². The van der Waals surface area contributed by atoms with Gasteiger partial charge in [0.2, 0.25) is 0 Å². The van der Waals surface area contributed by atoms with E-state index in [0.29, 0.717) is 12.2 Å². The lowest BCUT2D eigenvalue weighted by atomic mass is 9.92. The number of rotatable bonds is 2. The van der Waals surface area contributed by atoms with E-state index in [2.05, 4.69) is 24.0 Å². The maximum Gasteiger partial charge on any atom is 0.166 e. The highest BCUT2D eigenvalue weighted by Crippen LogP contribution is 2.41. The molecule has 0 N–H and O–H groups in total. The molecule has 0 saturated heterocycles. The molecule has 0 radical (unpaired) electrons. The molecule has 98 valence electrons. The highest BCUT2D eigenvalue weighted by Gasteiger charge is 2.27. The first-order chi connectivity index (χ1) is 9.18. The number of hydrogen-bond donors (Lipinski definition) is 0. The van der Waals surface area contributed by atoms with Crippen LogP contribution in [0.1, 0.15) is 33.6 Å². The average Bonchev–Trinajstić information content (AvgIpc) is 2.78. The van der Waals surface area contributed by atoms with Gasteiger partial charge in [0.25, 0.3) is 0 Å². The van der Waals surface area contributed by atoms with Crippen molar-refractivity contribution in [3.63, 3.8) is 0 Å². The quantitative estimate of drug-likeness (QED) is 0.809. The summed E-state index contributed by atoms with van der Waals surface area (Å²) >= 11 is 1.74. The molecule has 0 bridgehead atoms. The largest absolute Gasteiger partial charge is 0.336 e. The molecule has 2 nitrogen and oxygen atoms in total. The highest BCUT2D eigenvalue weighted by atomic mass is 32.1. The van der Waals surface area contributed by atoms with Gasteiger partial charge in [0.15, 0.2) is 5.78 Å². The van der Waals surface area contributed by atoms with Gasteiger partial charge >= 0.3 is 0 Å². The van der Waals surface area contributed by atoms with Crippen molar-refractivity contribution in [2.75, 3.05) is 11.9 Å². The highest BCUT2D eigenvalue weighted by molar-refractivity contribution is 7.16. The number of benzene rings is 1. The van der Waals surface area contributed by atoms with E-state index in [1.54, 1.807) is 11.3 Å². The Hall–Kier alpha value is -1.61. The van der Waals surface area contributed by atoms with Gasteiger partial charge in [0.1, 0.15) is 5.00 Å². The van der Waals surface area contributed by atoms with E-state index in [-0.39, 0.29) is 0 Å². The van der Waals surface area contributed by atoms with Gasteiger partial charge in [-0.25, -0.2) is 0 Å². The van der Waals surface area contributed by atoms with Gasteiger partial charge in [-0.1, -0.05) is 18.2 Å². The lowest BCUT2D eigenvalue weighted by molar-refractivity contribution is 0.0973. The first kappa shape index (κ1) is 12.4. The molecule has 0 amide bonds. The van der Waals surface area contributed by atoms with Gasteiger partial charge in [-0.3, -0.25) is 4.79 Å². The Balaban J connectivity index is 2.09. The Morgan fingerprint density at radius 2 is 1.89 bits per heavy atom. The summed E-state index contributed by atoms with van der Waals surface area (Å²) in [5.74, 6) is 0.309. The zero-order valence-electron chi connectivity index (χ0n) is 11.3. The van der Waals surface area contributed by atoms with Crippen LogP contribution in [0.4, 0.5) is 10.7 Å². The maximum absolute atomic E-state index is 12.2.